The molecule has 6 heteroatoms. The summed E-state index contributed by atoms with van der Waals surface area (Å²) in [5.41, 5.74) is 5.84. The number of aliphatic hydroxyl groups is 1. The fraction of sp³-hybridized carbons (Fsp3) is 0.400. The van der Waals surface area contributed by atoms with E-state index in [0.29, 0.717) is 0 Å². The Balaban J connectivity index is 3.14. The molecule has 90 valence electrons. The highest BCUT2D eigenvalue weighted by Gasteiger charge is 2.18. The minimum absolute atomic E-state index is 0.137. The maximum absolute atomic E-state index is 12.2. The number of halogens is 2. The molecule has 0 aliphatic heterocycles. The number of nitrogens with two attached hydrogens (primary N) is 1. The summed E-state index contributed by atoms with van der Waals surface area (Å²) in [6, 6.07) is 3.78. The molecule has 0 bridgehead atoms. The van der Waals surface area contributed by atoms with Gasteiger partial charge in [-0.25, -0.2) is 0 Å². The number of methoxy groups -OCH3 is 1. The molecular formula is C10H13F2NO3. The molecule has 1 aromatic carbocycles. The van der Waals surface area contributed by atoms with E-state index in [1.807, 2.05) is 0 Å². The highest BCUT2D eigenvalue weighted by Crippen LogP contribution is 2.35. The number of rotatable bonds is 5. The van der Waals surface area contributed by atoms with Gasteiger partial charge in [-0.3, -0.25) is 0 Å². The van der Waals surface area contributed by atoms with Gasteiger partial charge in [-0.1, -0.05) is 12.1 Å². The summed E-state index contributed by atoms with van der Waals surface area (Å²) in [5.74, 6) is 0.0169. The molecule has 3 N–H and O–H groups in total. The molecule has 1 aromatic rings. The summed E-state index contributed by atoms with van der Waals surface area (Å²) in [4.78, 5) is 0. The van der Waals surface area contributed by atoms with Crippen molar-refractivity contribution in [2.24, 2.45) is 5.73 Å². The highest BCUT2D eigenvalue weighted by molar-refractivity contribution is 5.48. The summed E-state index contributed by atoms with van der Waals surface area (Å²) in [5, 5.41) is 8.90. The SMILES string of the molecule is COc1cccc([C@H](N)CO)c1OC(F)F. The average Bonchev–Trinajstić information content (AvgIpc) is 2.27. The van der Waals surface area contributed by atoms with E-state index in [4.69, 9.17) is 15.6 Å². The predicted molar refractivity (Wildman–Crippen MR) is 53.6 cm³/mol. The van der Waals surface area contributed by atoms with Gasteiger partial charge in [-0.05, 0) is 6.07 Å². The molecule has 0 aromatic heterocycles. The summed E-state index contributed by atoms with van der Waals surface area (Å²) in [6.07, 6.45) is 0. The Hall–Kier alpha value is -1.40. The zero-order valence-electron chi connectivity index (χ0n) is 8.69. The lowest BCUT2D eigenvalue weighted by Crippen LogP contribution is -2.17. The van der Waals surface area contributed by atoms with Crippen LogP contribution in [0, 0.1) is 0 Å². The van der Waals surface area contributed by atoms with Gasteiger partial charge in [0.25, 0.3) is 0 Å². The Morgan fingerprint density at radius 2 is 2.12 bits per heavy atom. The molecule has 4 nitrogen and oxygen atoms in total. The lowest BCUT2D eigenvalue weighted by molar-refractivity contribution is -0.0521. The lowest BCUT2D eigenvalue weighted by atomic mass is 10.1. The van der Waals surface area contributed by atoms with E-state index in [0.717, 1.165) is 0 Å². The molecule has 0 fully saturated rings. The monoisotopic (exact) mass is 233 g/mol. The smallest absolute Gasteiger partial charge is 0.387 e. The van der Waals surface area contributed by atoms with E-state index >= 15 is 0 Å². The third kappa shape index (κ3) is 2.80. The van der Waals surface area contributed by atoms with Gasteiger partial charge in [-0.15, -0.1) is 0 Å². The van der Waals surface area contributed by atoms with Gasteiger partial charge in [0.05, 0.1) is 19.8 Å². The number of ether oxygens (including phenoxy) is 2. The standard InChI is InChI=1S/C10H13F2NO3/c1-15-8-4-2-3-6(7(13)5-14)9(8)16-10(11)12/h2-4,7,10,14H,5,13H2,1H3/t7-/m1/s1. The van der Waals surface area contributed by atoms with Crippen LogP contribution in [0.4, 0.5) is 8.78 Å². The molecule has 1 atom stereocenters. The molecule has 0 aliphatic rings. The van der Waals surface area contributed by atoms with Crippen molar-refractivity contribution in [3.8, 4) is 11.5 Å². The van der Waals surface area contributed by atoms with E-state index in [1.54, 1.807) is 6.07 Å². The van der Waals surface area contributed by atoms with Gasteiger partial charge >= 0.3 is 6.61 Å². The van der Waals surface area contributed by atoms with Gasteiger partial charge in [0.15, 0.2) is 11.5 Å². The molecule has 0 spiro atoms. The Morgan fingerprint density at radius 1 is 1.44 bits per heavy atom. The van der Waals surface area contributed by atoms with Crippen LogP contribution in [0.1, 0.15) is 11.6 Å². The molecule has 16 heavy (non-hydrogen) atoms. The van der Waals surface area contributed by atoms with Crippen LogP contribution in [-0.2, 0) is 0 Å². The molecule has 0 saturated carbocycles. The molecule has 0 radical (unpaired) electrons. The van der Waals surface area contributed by atoms with Gasteiger partial charge in [-0.2, -0.15) is 8.78 Å². The van der Waals surface area contributed by atoms with Gasteiger partial charge < -0.3 is 20.3 Å². The molecule has 0 amide bonds. The Morgan fingerprint density at radius 3 is 2.62 bits per heavy atom. The van der Waals surface area contributed by atoms with Crippen molar-refractivity contribution in [3.63, 3.8) is 0 Å². The van der Waals surface area contributed by atoms with Crippen LogP contribution in [0.2, 0.25) is 0 Å². The van der Waals surface area contributed by atoms with E-state index in [2.05, 4.69) is 4.74 Å². The summed E-state index contributed by atoms with van der Waals surface area (Å²) < 4.78 is 33.6. The average molecular weight is 233 g/mol. The topological polar surface area (TPSA) is 64.7 Å². The second kappa shape index (κ2) is 5.62. The first kappa shape index (κ1) is 12.7. The molecule has 0 saturated heterocycles. The number of para-hydroxylation sites is 1. The number of benzene rings is 1. The maximum atomic E-state index is 12.2. The first-order valence-corrected chi connectivity index (χ1v) is 4.58. The van der Waals surface area contributed by atoms with Crippen molar-refractivity contribution >= 4 is 0 Å². The summed E-state index contributed by atoms with van der Waals surface area (Å²) >= 11 is 0. The van der Waals surface area contributed by atoms with Crippen molar-refractivity contribution in [3.05, 3.63) is 23.8 Å². The lowest BCUT2D eigenvalue weighted by Gasteiger charge is -2.17. The number of alkyl halides is 2. The van der Waals surface area contributed by atoms with Crippen LogP contribution in [-0.4, -0.2) is 25.4 Å². The number of aliphatic hydroxyl groups excluding tert-OH is 1. The molecule has 0 unspecified atom stereocenters. The second-order valence-electron chi connectivity index (χ2n) is 3.05. The third-order valence-electron chi connectivity index (χ3n) is 2.03. The zero-order valence-corrected chi connectivity index (χ0v) is 8.69. The Labute approximate surface area is 91.6 Å². The third-order valence-corrected chi connectivity index (χ3v) is 2.03. The van der Waals surface area contributed by atoms with Crippen molar-refractivity contribution in [2.75, 3.05) is 13.7 Å². The van der Waals surface area contributed by atoms with Gasteiger partial charge in [0.1, 0.15) is 0 Å². The maximum Gasteiger partial charge on any atom is 0.387 e. The van der Waals surface area contributed by atoms with Crippen molar-refractivity contribution in [2.45, 2.75) is 12.7 Å². The van der Waals surface area contributed by atoms with Crippen molar-refractivity contribution < 1.29 is 23.4 Å². The van der Waals surface area contributed by atoms with Gasteiger partial charge in [0.2, 0.25) is 0 Å². The quantitative estimate of drug-likeness (QED) is 0.804. The van der Waals surface area contributed by atoms with Crippen molar-refractivity contribution in [1.82, 2.24) is 0 Å². The minimum Gasteiger partial charge on any atom is -0.493 e. The van der Waals surface area contributed by atoms with E-state index in [-0.39, 0.29) is 23.7 Å². The van der Waals surface area contributed by atoms with Crippen LogP contribution in [0.15, 0.2) is 18.2 Å². The normalized spacial score (nSPS) is 12.6. The highest BCUT2D eigenvalue weighted by atomic mass is 19.3. The number of hydrogen-bond donors (Lipinski definition) is 2. The van der Waals surface area contributed by atoms with Crippen LogP contribution in [0.3, 0.4) is 0 Å². The van der Waals surface area contributed by atoms with Crippen molar-refractivity contribution in [1.29, 1.82) is 0 Å². The minimum atomic E-state index is -2.97. The molecule has 0 aliphatic carbocycles. The fourth-order valence-electron chi connectivity index (χ4n) is 1.30. The van der Waals surface area contributed by atoms with Crippen LogP contribution < -0.4 is 15.2 Å². The van der Waals surface area contributed by atoms with Crippen LogP contribution >= 0.6 is 0 Å². The summed E-state index contributed by atoms with van der Waals surface area (Å²) in [6.45, 7) is -3.34. The van der Waals surface area contributed by atoms with Gasteiger partial charge in [0, 0.05) is 5.56 Å². The van der Waals surface area contributed by atoms with E-state index in [9.17, 15) is 8.78 Å². The summed E-state index contributed by atoms with van der Waals surface area (Å²) in [7, 11) is 1.34. The molecular weight excluding hydrogens is 220 g/mol. The largest absolute Gasteiger partial charge is 0.493 e. The zero-order chi connectivity index (χ0) is 12.1. The Kier molecular flexibility index (Phi) is 4.45. The first-order valence-electron chi connectivity index (χ1n) is 4.58. The first-order chi connectivity index (χ1) is 7.60. The van der Waals surface area contributed by atoms with E-state index in [1.165, 1.54) is 19.2 Å². The second-order valence-corrected chi connectivity index (χ2v) is 3.05. The van der Waals surface area contributed by atoms with E-state index < -0.39 is 12.7 Å². The van der Waals surface area contributed by atoms with Crippen LogP contribution in [0.25, 0.3) is 0 Å². The number of hydrogen-bond acceptors (Lipinski definition) is 4. The van der Waals surface area contributed by atoms with Crippen LogP contribution in [0.5, 0.6) is 11.5 Å². The predicted octanol–water partition coefficient (Wildman–Crippen LogP) is 1.29. The Bertz CT molecular complexity index is 347. The molecule has 0 heterocycles. The fourth-order valence-corrected chi connectivity index (χ4v) is 1.30. The molecule has 1 rings (SSSR count).